The Kier molecular flexibility index (Phi) is 6.25. The maximum atomic E-state index is 13.4. The number of nitrogens with zero attached hydrogens (tertiary/aromatic N) is 2. The summed E-state index contributed by atoms with van der Waals surface area (Å²) < 4.78 is 2.10. The van der Waals surface area contributed by atoms with E-state index in [1.54, 1.807) is 18.2 Å². The number of para-hydroxylation sites is 1. The second-order valence-corrected chi connectivity index (χ2v) is 9.07. The van der Waals surface area contributed by atoms with Crippen LogP contribution in [0.4, 0.5) is 10.5 Å². The van der Waals surface area contributed by atoms with Gasteiger partial charge in [0.1, 0.15) is 5.57 Å². The third-order valence-corrected chi connectivity index (χ3v) is 6.75. The average molecular weight is 478 g/mol. The molecule has 1 atom stereocenters. The first-order valence-electron chi connectivity index (χ1n) is 12.1. The molecule has 6 heteroatoms. The van der Waals surface area contributed by atoms with Crippen molar-refractivity contribution in [1.82, 2.24) is 9.88 Å². The van der Waals surface area contributed by atoms with Crippen LogP contribution in [0.1, 0.15) is 42.9 Å². The van der Waals surface area contributed by atoms with Gasteiger partial charge in [-0.15, -0.1) is 0 Å². The van der Waals surface area contributed by atoms with Crippen LogP contribution in [-0.4, -0.2) is 22.4 Å². The van der Waals surface area contributed by atoms with E-state index in [2.05, 4.69) is 35.9 Å². The van der Waals surface area contributed by atoms with Gasteiger partial charge in [0, 0.05) is 29.2 Å². The molecule has 6 nitrogen and oxygen atoms in total. The maximum absolute atomic E-state index is 13.4. The standard InChI is InChI=1S/C30H27N3O3/c1-3-20(2)22-13-15-24(16-14-22)33-29(35)26(28(34)31-30(33)36)17-23-19-32(18-21-9-5-4-6-10-21)27-12-8-7-11-25(23)27/h4-17,19-20H,3,18H2,1-2H3,(H,31,34,36)/b26-17+/t20-/m0/s1. The summed E-state index contributed by atoms with van der Waals surface area (Å²) in [6, 6.07) is 24.5. The number of fused-ring (bicyclic) bond motifs is 1. The van der Waals surface area contributed by atoms with Gasteiger partial charge in [0.25, 0.3) is 11.8 Å². The summed E-state index contributed by atoms with van der Waals surface area (Å²) in [6.45, 7) is 4.89. The SMILES string of the molecule is CC[C@H](C)c1ccc(N2C(=O)NC(=O)/C(=C\c3cn(Cc4ccccc4)c4ccccc34)C2=O)cc1. The molecule has 180 valence electrons. The molecule has 0 bridgehead atoms. The Morgan fingerprint density at radius 3 is 2.31 bits per heavy atom. The third-order valence-electron chi connectivity index (χ3n) is 6.75. The van der Waals surface area contributed by atoms with Crippen LogP contribution in [0.25, 0.3) is 17.0 Å². The highest BCUT2D eigenvalue weighted by Gasteiger charge is 2.37. The molecule has 2 heterocycles. The smallest absolute Gasteiger partial charge is 0.335 e. The van der Waals surface area contributed by atoms with Gasteiger partial charge in [0.05, 0.1) is 5.69 Å². The van der Waals surface area contributed by atoms with E-state index >= 15 is 0 Å². The lowest BCUT2D eigenvalue weighted by Crippen LogP contribution is -2.54. The van der Waals surface area contributed by atoms with Crippen molar-refractivity contribution in [3.8, 4) is 0 Å². The lowest BCUT2D eigenvalue weighted by molar-refractivity contribution is -0.122. The average Bonchev–Trinajstić information content (AvgIpc) is 3.24. The summed E-state index contributed by atoms with van der Waals surface area (Å²) in [5, 5.41) is 3.24. The summed E-state index contributed by atoms with van der Waals surface area (Å²) in [5.74, 6) is -0.965. The van der Waals surface area contributed by atoms with Crippen LogP contribution in [0.5, 0.6) is 0 Å². The van der Waals surface area contributed by atoms with Crippen molar-refractivity contribution in [3.05, 3.63) is 107 Å². The fourth-order valence-electron chi connectivity index (χ4n) is 4.54. The highest BCUT2D eigenvalue weighted by molar-refractivity contribution is 6.39. The molecule has 0 saturated carbocycles. The van der Waals surface area contributed by atoms with E-state index in [0.29, 0.717) is 18.2 Å². The minimum Gasteiger partial charge on any atom is -0.342 e. The Morgan fingerprint density at radius 2 is 1.58 bits per heavy atom. The summed E-state index contributed by atoms with van der Waals surface area (Å²) >= 11 is 0. The number of carbonyl (C=O) groups is 3. The molecule has 1 aliphatic rings. The van der Waals surface area contributed by atoms with Crippen LogP contribution < -0.4 is 10.2 Å². The molecule has 0 aliphatic carbocycles. The molecule has 3 aromatic carbocycles. The molecule has 1 aliphatic heterocycles. The highest BCUT2D eigenvalue weighted by atomic mass is 16.2. The number of nitrogens with one attached hydrogen (secondary N) is 1. The topological polar surface area (TPSA) is 71.4 Å². The van der Waals surface area contributed by atoms with Gasteiger partial charge in [0.15, 0.2) is 0 Å². The van der Waals surface area contributed by atoms with E-state index in [4.69, 9.17) is 0 Å². The van der Waals surface area contributed by atoms with E-state index < -0.39 is 17.8 Å². The first-order chi connectivity index (χ1) is 17.5. The Hall–Kier alpha value is -4.45. The second kappa shape index (κ2) is 9.66. The van der Waals surface area contributed by atoms with Crippen LogP contribution in [0, 0.1) is 0 Å². The fourth-order valence-corrected chi connectivity index (χ4v) is 4.54. The third kappa shape index (κ3) is 4.33. The number of rotatable bonds is 6. The molecule has 0 spiro atoms. The van der Waals surface area contributed by atoms with E-state index in [1.165, 1.54) is 0 Å². The van der Waals surface area contributed by atoms with Crippen molar-refractivity contribution in [3.63, 3.8) is 0 Å². The zero-order valence-corrected chi connectivity index (χ0v) is 20.3. The predicted molar refractivity (Wildman–Crippen MR) is 142 cm³/mol. The zero-order chi connectivity index (χ0) is 25.2. The molecule has 1 aromatic heterocycles. The normalized spacial score (nSPS) is 16.0. The van der Waals surface area contributed by atoms with E-state index in [-0.39, 0.29) is 5.57 Å². The molecule has 1 saturated heterocycles. The van der Waals surface area contributed by atoms with Gasteiger partial charge >= 0.3 is 6.03 Å². The van der Waals surface area contributed by atoms with Crippen LogP contribution in [-0.2, 0) is 16.1 Å². The van der Waals surface area contributed by atoms with Crippen LogP contribution in [0.15, 0.2) is 90.6 Å². The van der Waals surface area contributed by atoms with E-state index in [0.717, 1.165) is 38.9 Å². The number of hydrogen-bond donors (Lipinski definition) is 1. The van der Waals surface area contributed by atoms with E-state index in [9.17, 15) is 14.4 Å². The number of urea groups is 1. The van der Waals surface area contributed by atoms with Gasteiger partial charge in [0.2, 0.25) is 0 Å². The van der Waals surface area contributed by atoms with Gasteiger partial charge in [-0.05, 0) is 47.7 Å². The zero-order valence-electron chi connectivity index (χ0n) is 20.3. The van der Waals surface area contributed by atoms with Gasteiger partial charge < -0.3 is 4.57 Å². The number of carbonyl (C=O) groups excluding carboxylic acids is 3. The minimum absolute atomic E-state index is 0.0804. The van der Waals surface area contributed by atoms with Gasteiger partial charge in [-0.2, -0.15) is 0 Å². The van der Waals surface area contributed by atoms with Gasteiger partial charge in [-0.1, -0.05) is 74.5 Å². The lowest BCUT2D eigenvalue weighted by atomic mass is 9.98. The van der Waals surface area contributed by atoms with Crippen molar-refractivity contribution in [2.75, 3.05) is 4.90 Å². The molecule has 1 fully saturated rings. The first kappa shape index (κ1) is 23.3. The predicted octanol–water partition coefficient (Wildman–Crippen LogP) is 5.87. The number of imide groups is 2. The second-order valence-electron chi connectivity index (χ2n) is 9.07. The van der Waals surface area contributed by atoms with Crippen LogP contribution in [0.3, 0.4) is 0 Å². The number of benzene rings is 3. The lowest BCUT2D eigenvalue weighted by Gasteiger charge is -2.26. The largest absolute Gasteiger partial charge is 0.342 e. The maximum Gasteiger partial charge on any atom is 0.335 e. The van der Waals surface area contributed by atoms with Crippen molar-refractivity contribution in [1.29, 1.82) is 0 Å². The van der Waals surface area contributed by atoms with E-state index in [1.807, 2.05) is 60.8 Å². The number of hydrogen-bond acceptors (Lipinski definition) is 3. The van der Waals surface area contributed by atoms with Crippen molar-refractivity contribution in [2.45, 2.75) is 32.7 Å². The molecule has 4 aromatic rings. The Labute approximate surface area is 209 Å². The molecule has 0 radical (unpaired) electrons. The number of amides is 4. The fraction of sp³-hybridized carbons (Fsp3) is 0.167. The highest BCUT2D eigenvalue weighted by Crippen LogP contribution is 2.28. The summed E-state index contributed by atoms with van der Waals surface area (Å²) in [4.78, 5) is 39.9. The molecule has 36 heavy (non-hydrogen) atoms. The Balaban J connectivity index is 1.52. The summed E-state index contributed by atoms with van der Waals surface area (Å²) in [6.07, 6.45) is 4.50. The quantitative estimate of drug-likeness (QED) is 0.279. The monoisotopic (exact) mass is 477 g/mol. The van der Waals surface area contributed by atoms with Crippen LogP contribution in [0.2, 0.25) is 0 Å². The summed E-state index contributed by atoms with van der Waals surface area (Å²) in [5.41, 5.74) is 4.34. The molecule has 4 amide bonds. The molecular weight excluding hydrogens is 450 g/mol. The number of anilines is 1. The van der Waals surface area contributed by atoms with Gasteiger partial charge in [-0.25, -0.2) is 9.69 Å². The van der Waals surface area contributed by atoms with Crippen molar-refractivity contribution >= 4 is 40.5 Å². The van der Waals surface area contributed by atoms with Crippen molar-refractivity contribution in [2.24, 2.45) is 0 Å². The molecule has 0 unspecified atom stereocenters. The summed E-state index contributed by atoms with van der Waals surface area (Å²) in [7, 11) is 0. The van der Waals surface area contributed by atoms with Crippen LogP contribution >= 0.6 is 0 Å². The van der Waals surface area contributed by atoms with Crippen molar-refractivity contribution < 1.29 is 14.4 Å². The number of barbiturate groups is 1. The Morgan fingerprint density at radius 1 is 0.889 bits per heavy atom. The first-order valence-corrected chi connectivity index (χ1v) is 12.1. The molecular formula is C30H27N3O3. The number of aromatic nitrogens is 1. The van der Waals surface area contributed by atoms with Gasteiger partial charge in [-0.3, -0.25) is 14.9 Å². The Bertz CT molecular complexity index is 1480. The molecule has 5 rings (SSSR count). The molecule has 1 N–H and O–H groups in total. The minimum atomic E-state index is -0.745.